The third-order valence-electron chi connectivity index (χ3n) is 2.89. The number of hydrogen-bond acceptors (Lipinski definition) is 4. The van der Waals surface area contributed by atoms with E-state index in [9.17, 15) is 0 Å². The summed E-state index contributed by atoms with van der Waals surface area (Å²) in [5.41, 5.74) is 1.08. The zero-order valence-electron chi connectivity index (χ0n) is 13.0. The fourth-order valence-corrected chi connectivity index (χ4v) is 2.12. The van der Waals surface area contributed by atoms with Crippen molar-refractivity contribution in [1.82, 2.24) is 9.97 Å². The first-order valence-electron chi connectivity index (χ1n) is 7.12. The van der Waals surface area contributed by atoms with Crippen molar-refractivity contribution in [3.63, 3.8) is 0 Å². The van der Waals surface area contributed by atoms with Crippen LogP contribution in [0.4, 0.5) is 5.82 Å². The molecule has 1 aromatic rings. The van der Waals surface area contributed by atoms with Crippen LogP contribution in [0.25, 0.3) is 0 Å². The maximum atomic E-state index is 5.54. The molecule has 0 spiro atoms. The summed E-state index contributed by atoms with van der Waals surface area (Å²) in [6, 6.07) is 2.04. The van der Waals surface area contributed by atoms with E-state index in [4.69, 9.17) is 4.74 Å². The van der Waals surface area contributed by atoms with Crippen molar-refractivity contribution >= 4 is 5.82 Å². The summed E-state index contributed by atoms with van der Waals surface area (Å²) in [4.78, 5) is 9.25. The Morgan fingerprint density at radius 3 is 2.37 bits per heavy atom. The molecule has 0 radical (unpaired) electrons. The van der Waals surface area contributed by atoms with E-state index in [1.165, 1.54) is 0 Å². The number of hydrogen-bond donors (Lipinski definition) is 1. The first kappa shape index (κ1) is 15.9. The molecule has 1 aromatic heterocycles. The lowest BCUT2D eigenvalue weighted by atomic mass is 10.1. The third kappa shape index (κ3) is 4.78. The molecule has 0 aliphatic rings. The van der Waals surface area contributed by atoms with Crippen LogP contribution < -0.4 is 5.32 Å². The van der Waals surface area contributed by atoms with Crippen molar-refractivity contribution < 1.29 is 4.74 Å². The van der Waals surface area contributed by atoms with Gasteiger partial charge in [-0.3, -0.25) is 0 Å². The van der Waals surface area contributed by atoms with Gasteiger partial charge in [-0.25, -0.2) is 9.97 Å². The summed E-state index contributed by atoms with van der Waals surface area (Å²) in [6.07, 6.45) is 0.909. The van der Waals surface area contributed by atoms with E-state index in [-0.39, 0.29) is 6.10 Å². The zero-order chi connectivity index (χ0) is 14.4. The van der Waals surface area contributed by atoms with Crippen LogP contribution in [-0.2, 0) is 11.2 Å². The minimum absolute atomic E-state index is 0.0514. The van der Waals surface area contributed by atoms with Gasteiger partial charge in [0, 0.05) is 25.4 Å². The highest BCUT2D eigenvalue weighted by molar-refractivity contribution is 5.36. The highest BCUT2D eigenvalue weighted by Gasteiger charge is 2.19. The summed E-state index contributed by atoms with van der Waals surface area (Å²) in [5, 5.41) is 3.27. The van der Waals surface area contributed by atoms with Crippen molar-refractivity contribution in [3.05, 3.63) is 17.6 Å². The van der Waals surface area contributed by atoms with Gasteiger partial charge >= 0.3 is 0 Å². The summed E-state index contributed by atoms with van der Waals surface area (Å²) < 4.78 is 5.54. The van der Waals surface area contributed by atoms with Crippen LogP contribution in [0.15, 0.2) is 6.07 Å². The molecule has 1 heterocycles. The predicted molar refractivity (Wildman–Crippen MR) is 79.3 cm³/mol. The molecule has 0 bridgehead atoms. The lowest BCUT2D eigenvalue weighted by Crippen LogP contribution is -2.16. The van der Waals surface area contributed by atoms with Crippen LogP contribution in [0.1, 0.15) is 52.2 Å². The Bertz CT molecular complexity index is 391. The Hall–Kier alpha value is -1.16. The summed E-state index contributed by atoms with van der Waals surface area (Å²) >= 11 is 0. The average Bonchev–Trinajstić information content (AvgIpc) is 2.28. The Morgan fingerprint density at radius 2 is 1.89 bits per heavy atom. The largest absolute Gasteiger partial charge is 0.373 e. The Balaban J connectivity index is 3.10. The fraction of sp³-hybridized carbons (Fsp3) is 0.733. The van der Waals surface area contributed by atoms with E-state index in [0.717, 1.165) is 30.3 Å². The minimum atomic E-state index is -0.0514. The Morgan fingerprint density at radius 1 is 1.21 bits per heavy atom. The molecular weight excluding hydrogens is 238 g/mol. The lowest BCUT2D eigenvalue weighted by Gasteiger charge is -2.19. The van der Waals surface area contributed by atoms with Crippen molar-refractivity contribution in [1.29, 1.82) is 0 Å². The maximum Gasteiger partial charge on any atom is 0.159 e. The molecule has 1 atom stereocenters. The van der Waals surface area contributed by atoms with Gasteiger partial charge < -0.3 is 10.1 Å². The van der Waals surface area contributed by atoms with E-state index < -0.39 is 0 Å². The van der Waals surface area contributed by atoms with Crippen LogP contribution >= 0.6 is 0 Å². The van der Waals surface area contributed by atoms with Crippen molar-refractivity contribution in [3.8, 4) is 0 Å². The summed E-state index contributed by atoms with van der Waals surface area (Å²) in [5.74, 6) is 2.61. The highest BCUT2D eigenvalue weighted by atomic mass is 16.5. The minimum Gasteiger partial charge on any atom is -0.373 e. The molecule has 0 saturated carbocycles. The van der Waals surface area contributed by atoms with Crippen LogP contribution in [0.3, 0.4) is 0 Å². The number of methoxy groups -OCH3 is 1. The molecule has 0 aliphatic carbocycles. The van der Waals surface area contributed by atoms with Gasteiger partial charge in [0.1, 0.15) is 11.9 Å². The molecule has 1 unspecified atom stereocenters. The lowest BCUT2D eigenvalue weighted by molar-refractivity contribution is 0.0573. The summed E-state index contributed by atoms with van der Waals surface area (Å²) in [6.45, 7) is 11.6. The van der Waals surface area contributed by atoms with Gasteiger partial charge in [0.15, 0.2) is 5.82 Å². The maximum absolute atomic E-state index is 5.54. The highest BCUT2D eigenvalue weighted by Crippen LogP contribution is 2.24. The molecule has 19 heavy (non-hydrogen) atoms. The van der Waals surface area contributed by atoms with Gasteiger partial charge in [0.05, 0.1) is 0 Å². The molecule has 0 fully saturated rings. The third-order valence-corrected chi connectivity index (χ3v) is 2.89. The molecule has 108 valence electrons. The normalized spacial score (nSPS) is 13.1. The monoisotopic (exact) mass is 265 g/mol. The standard InChI is InChI=1S/C15H27N3O/c1-7-16-13-9-12(8-10(2)3)17-15(18-13)14(19-6)11(4)5/h9-11,14H,7-8H2,1-6H3,(H,16,17,18). The average molecular weight is 265 g/mol. The Kier molecular flexibility index (Phi) is 6.22. The quantitative estimate of drug-likeness (QED) is 0.820. The van der Waals surface area contributed by atoms with E-state index in [0.29, 0.717) is 11.8 Å². The molecule has 4 nitrogen and oxygen atoms in total. The smallest absolute Gasteiger partial charge is 0.159 e. The van der Waals surface area contributed by atoms with E-state index in [2.05, 4.69) is 49.9 Å². The second-order valence-corrected chi connectivity index (χ2v) is 5.63. The molecule has 0 saturated heterocycles. The van der Waals surface area contributed by atoms with Crippen LogP contribution in [0, 0.1) is 11.8 Å². The number of aromatic nitrogens is 2. The molecule has 0 amide bonds. The predicted octanol–water partition coefficient (Wildman–Crippen LogP) is 3.45. The zero-order valence-corrected chi connectivity index (χ0v) is 13.0. The fourth-order valence-electron chi connectivity index (χ4n) is 2.12. The van der Waals surface area contributed by atoms with Gasteiger partial charge in [-0.1, -0.05) is 27.7 Å². The first-order valence-corrected chi connectivity index (χ1v) is 7.12. The SMILES string of the molecule is CCNc1cc(CC(C)C)nc(C(OC)C(C)C)n1. The molecule has 1 N–H and O–H groups in total. The van der Waals surface area contributed by atoms with E-state index in [1.807, 2.05) is 6.07 Å². The van der Waals surface area contributed by atoms with E-state index in [1.54, 1.807) is 7.11 Å². The van der Waals surface area contributed by atoms with Crippen molar-refractivity contribution in [2.75, 3.05) is 19.0 Å². The van der Waals surface area contributed by atoms with E-state index >= 15 is 0 Å². The van der Waals surface area contributed by atoms with Crippen LogP contribution in [-0.4, -0.2) is 23.6 Å². The van der Waals surface area contributed by atoms with Crippen molar-refractivity contribution in [2.45, 2.75) is 47.1 Å². The molecule has 1 rings (SSSR count). The summed E-state index contributed by atoms with van der Waals surface area (Å²) in [7, 11) is 1.72. The van der Waals surface area contributed by atoms with Gasteiger partial charge in [-0.05, 0) is 25.2 Å². The molecule has 0 aliphatic heterocycles. The van der Waals surface area contributed by atoms with Gasteiger partial charge in [0.25, 0.3) is 0 Å². The topological polar surface area (TPSA) is 47.0 Å². The number of anilines is 1. The molecule has 0 aromatic carbocycles. The van der Waals surface area contributed by atoms with Crippen molar-refractivity contribution in [2.24, 2.45) is 11.8 Å². The van der Waals surface area contributed by atoms with Gasteiger partial charge in [0.2, 0.25) is 0 Å². The number of rotatable bonds is 7. The molecular formula is C15H27N3O. The number of nitrogens with one attached hydrogen (secondary N) is 1. The Labute approximate surface area is 117 Å². The number of nitrogens with zero attached hydrogens (tertiary/aromatic N) is 2. The van der Waals surface area contributed by atoms with Gasteiger partial charge in [-0.2, -0.15) is 0 Å². The number of ether oxygens (including phenoxy) is 1. The van der Waals surface area contributed by atoms with Crippen LogP contribution in [0.5, 0.6) is 0 Å². The second kappa shape index (κ2) is 7.43. The van der Waals surface area contributed by atoms with Gasteiger partial charge in [-0.15, -0.1) is 0 Å². The molecule has 4 heteroatoms. The first-order chi connectivity index (χ1) is 8.97. The van der Waals surface area contributed by atoms with Crippen LogP contribution in [0.2, 0.25) is 0 Å². The second-order valence-electron chi connectivity index (χ2n) is 5.63.